The summed E-state index contributed by atoms with van der Waals surface area (Å²) in [5.74, 6) is -4.05. The lowest BCUT2D eigenvalue weighted by Crippen LogP contribution is -2.29. The number of aromatic hydroxyl groups is 1. The zero-order chi connectivity index (χ0) is 25.3. The van der Waals surface area contributed by atoms with Crippen molar-refractivity contribution >= 4 is 23.1 Å². The molecule has 0 aromatic heterocycles. The van der Waals surface area contributed by atoms with Crippen molar-refractivity contribution in [2.45, 2.75) is 19.9 Å². The van der Waals surface area contributed by atoms with E-state index in [0.717, 1.165) is 17.0 Å². The van der Waals surface area contributed by atoms with Gasteiger partial charge in [0.15, 0.2) is 11.6 Å². The molecule has 0 bridgehead atoms. The van der Waals surface area contributed by atoms with Crippen molar-refractivity contribution in [1.82, 2.24) is 0 Å². The van der Waals surface area contributed by atoms with Crippen LogP contribution in [0.4, 0.5) is 14.5 Å². The van der Waals surface area contributed by atoms with Crippen molar-refractivity contribution < 1.29 is 33.3 Å². The topological polar surface area (TPSA) is 87.1 Å². The van der Waals surface area contributed by atoms with Crippen LogP contribution in [0.15, 0.2) is 72.3 Å². The number of aliphatic hydroxyl groups excluding tert-OH is 1. The number of rotatable bonds is 6. The van der Waals surface area contributed by atoms with Crippen molar-refractivity contribution in [3.8, 4) is 11.5 Å². The van der Waals surface area contributed by atoms with Crippen molar-refractivity contribution in [3.63, 3.8) is 0 Å². The maximum absolute atomic E-state index is 14.0. The Morgan fingerprint density at radius 3 is 2.37 bits per heavy atom. The molecule has 0 radical (unpaired) electrons. The third-order valence-corrected chi connectivity index (χ3v) is 5.53. The van der Waals surface area contributed by atoms with Gasteiger partial charge >= 0.3 is 0 Å². The maximum atomic E-state index is 14.0. The number of hydrogen-bond acceptors (Lipinski definition) is 5. The number of carbonyl (C=O) groups excluding carboxylic acids is 2. The van der Waals surface area contributed by atoms with Gasteiger partial charge in [-0.15, -0.1) is 0 Å². The van der Waals surface area contributed by atoms with Crippen molar-refractivity contribution in [1.29, 1.82) is 0 Å². The smallest absolute Gasteiger partial charge is 0.300 e. The third-order valence-electron chi connectivity index (χ3n) is 5.53. The van der Waals surface area contributed by atoms with Gasteiger partial charge in [0, 0.05) is 17.3 Å². The van der Waals surface area contributed by atoms with Crippen molar-refractivity contribution in [2.24, 2.45) is 5.92 Å². The fourth-order valence-electron chi connectivity index (χ4n) is 3.86. The molecule has 1 fully saturated rings. The minimum atomic E-state index is -1.19. The highest BCUT2D eigenvalue weighted by Crippen LogP contribution is 2.43. The Morgan fingerprint density at radius 2 is 1.71 bits per heavy atom. The Labute approximate surface area is 200 Å². The number of ketones is 1. The Bertz CT molecular complexity index is 1320. The second-order valence-electron chi connectivity index (χ2n) is 8.59. The Balaban J connectivity index is 1.87. The normalized spacial score (nSPS) is 17.3. The molecule has 2 N–H and O–H groups in total. The van der Waals surface area contributed by atoms with E-state index in [-0.39, 0.29) is 28.5 Å². The fraction of sp³-hybridized carbons (Fsp3) is 0.185. The number of aliphatic hydroxyl groups is 1. The number of hydrogen-bond donors (Lipinski definition) is 2. The highest BCUT2D eigenvalue weighted by Gasteiger charge is 2.47. The number of benzene rings is 3. The number of anilines is 1. The van der Waals surface area contributed by atoms with Gasteiger partial charge in [-0.05, 0) is 47.9 Å². The highest BCUT2D eigenvalue weighted by molar-refractivity contribution is 6.51. The van der Waals surface area contributed by atoms with Gasteiger partial charge in [0.25, 0.3) is 11.7 Å². The molecule has 8 heteroatoms. The van der Waals surface area contributed by atoms with Gasteiger partial charge in [0.2, 0.25) is 0 Å². The Kier molecular flexibility index (Phi) is 6.55. The summed E-state index contributed by atoms with van der Waals surface area (Å²) in [4.78, 5) is 27.2. The first-order valence-electron chi connectivity index (χ1n) is 11.0. The Morgan fingerprint density at radius 1 is 1.00 bits per heavy atom. The molecule has 4 rings (SSSR count). The van der Waals surface area contributed by atoms with Gasteiger partial charge in [0.05, 0.1) is 18.2 Å². The number of amides is 1. The van der Waals surface area contributed by atoms with E-state index in [0.29, 0.717) is 17.9 Å². The zero-order valence-electron chi connectivity index (χ0n) is 19.0. The van der Waals surface area contributed by atoms with Crippen molar-refractivity contribution in [2.75, 3.05) is 11.5 Å². The van der Waals surface area contributed by atoms with E-state index in [1.54, 1.807) is 24.3 Å². The van der Waals surface area contributed by atoms with E-state index < -0.39 is 35.1 Å². The molecule has 1 aliphatic heterocycles. The van der Waals surface area contributed by atoms with Gasteiger partial charge in [-0.1, -0.05) is 38.1 Å². The van der Waals surface area contributed by atoms with Gasteiger partial charge in [-0.2, -0.15) is 0 Å². The summed E-state index contributed by atoms with van der Waals surface area (Å²) in [5, 5.41) is 20.9. The molecule has 6 nitrogen and oxygen atoms in total. The van der Waals surface area contributed by atoms with Gasteiger partial charge in [-0.25, -0.2) is 8.78 Å². The SMILES string of the molecule is CC(C)COc1cccc(/C(O)=C2\C(=O)C(=O)N(c3ccc(F)c(F)c3)C2c2ccc(O)cc2)c1. The monoisotopic (exact) mass is 479 g/mol. The predicted octanol–water partition coefficient (Wildman–Crippen LogP) is 5.33. The van der Waals surface area contributed by atoms with E-state index in [1.807, 2.05) is 13.8 Å². The first-order valence-corrected chi connectivity index (χ1v) is 11.0. The summed E-state index contributed by atoms with van der Waals surface area (Å²) in [6.07, 6.45) is 0. The summed E-state index contributed by atoms with van der Waals surface area (Å²) < 4.78 is 33.3. The van der Waals surface area contributed by atoms with E-state index in [9.17, 15) is 28.6 Å². The van der Waals surface area contributed by atoms with Crippen LogP contribution < -0.4 is 9.64 Å². The van der Waals surface area contributed by atoms with Gasteiger partial charge < -0.3 is 14.9 Å². The molecule has 3 aromatic rings. The van der Waals surface area contributed by atoms with Crippen LogP contribution in [-0.2, 0) is 9.59 Å². The first kappa shape index (κ1) is 23.9. The summed E-state index contributed by atoms with van der Waals surface area (Å²) >= 11 is 0. The van der Waals surface area contributed by atoms with Crippen LogP contribution in [0, 0.1) is 17.6 Å². The van der Waals surface area contributed by atoms with E-state index >= 15 is 0 Å². The average Bonchev–Trinajstić information content (AvgIpc) is 3.10. The molecule has 1 unspecified atom stereocenters. The standard InChI is InChI=1S/C27H23F2NO5/c1-15(2)14-35-20-5-3-4-17(12-20)25(32)23-24(16-6-9-19(31)10-7-16)30(27(34)26(23)33)18-8-11-21(28)22(29)13-18/h3-13,15,24,31-32H,14H2,1-2H3/b25-23+. The number of phenolic OH excluding ortho intramolecular Hbond substituents is 1. The van der Waals surface area contributed by atoms with Crippen molar-refractivity contribution in [3.05, 3.63) is 95.1 Å². The summed E-state index contributed by atoms with van der Waals surface area (Å²) in [6, 6.07) is 13.8. The lowest BCUT2D eigenvalue weighted by atomic mass is 9.95. The number of ether oxygens (including phenoxy) is 1. The number of Topliss-reactive ketones (excluding diaryl/α,β-unsaturated/α-hetero) is 1. The van der Waals surface area contributed by atoms with Gasteiger partial charge in [0.1, 0.15) is 17.3 Å². The molecule has 0 saturated carbocycles. The van der Waals surface area contributed by atoms with Crippen LogP contribution >= 0.6 is 0 Å². The predicted molar refractivity (Wildman–Crippen MR) is 126 cm³/mol. The summed E-state index contributed by atoms with van der Waals surface area (Å²) in [6.45, 7) is 4.42. The van der Waals surface area contributed by atoms with Crippen LogP contribution in [-0.4, -0.2) is 28.5 Å². The second-order valence-corrected chi connectivity index (χ2v) is 8.59. The summed E-state index contributed by atoms with van der Waals surface area (Å²) in [5.41, 5.74) is 0.336. The fourth-order valence-corrected chi connectivity index (χ4v) is 3.86. The van der Waals surface area contributed by atoms with E-state index in [2.05, 4.69) is 0 Å². The number of halogens is 2. The molecule has 180 valence electrons. The molecule has 3 aromatic carbocycles. The number of phenols is 1. The van der Waals surface area contributed by atoms with Crippen LogP contribution in [0.1, 0.15) is 31.0 Å². The minimum Gasteiger partial charge on any atom is -0.508 e. The molecule has 1 saturated heterocycles. The second kappa shape index (κ2) is 9.58. The Hall–Kier alpha value is -4.20. The zero-order valence-corrected chi connectivity index (χ0v) is 19.0. The molecule has 1 amide bonds. The molecule has 1 heterocycles. The molecule has 35 heavy (non-hydrogen) atoms. The number of carbonyl (C=O) groups is 2. The van der Waals surface area contributed by atoms with Gasteiger partial charge in [-0.3, -0.25) is 14.5 Å². The van der Waals surface area contributed by atoms with Crippen LogP contribution in [0.25, 0.3) is 5.76 Å². The maximum Gasteiger partial charge on any atom is 0.300 e. The van der Waals surface area contributed by atoms with E-state index in [4.69, 9.17) is 4.74 Å². The average molecular weight is 479 g/mol. The molecular weight excluding hydrogens is 456 g/mol. The highest BCUT2D eigenvalue weighted by atomic mass is 19.2. The lowest BCUT2D eigenvalue weighted by molar-refractivity contribution is -0.132. The molecule has 1 atom stereocenters. The third kappa shape index (κ3) is 4.73. The minimum absolute atomic E-state index is 0.0477. The van der Waals surface area contributed by atoms with Crippen LogP contribution in [0.2, 0.25) is 0 Å². The quantitative estimate of drug-likeness (QED) is 0.283. The molecule has 1 aliphatic rings. The van der Waals surface area contributed by atoms with E-state index in [1.165, 1.54) is 30.3 Å². The molecular formula is C27H23F2NO5. The lowest BCUT2D eigenvalue weighted by Gasteiger charge is -2.25. The summed E-state index contributed by atoms with van der Waals surface area (Å²) in [7, 11) is 0. The largest absolute Gasteiger partial charge is 0.508 e. The molecule has 0 spiro atoms. The first-order chi connectivity index (χ1) is 16.7. The molecule has 0 aliphatic carbocycles. The van der Waals surface area contributed by atoms with Crippen LogP contribution in [0.5, 0.6) is 11.5 Å². The van der Waals surface area contributed by atoms with Crippen LogP contribution in [0.3, 0.4) is 0 Å². The number of nitrogens with zero attached hydrogens (tertiary/aromatic N) is 1.